The Morgan fingerprint density at radius 3 is 2.92 bits per heavy atom. The molecule has 2 rings (SSSR count). The van der Waals surface area contributed by atoms with Crippen molar-refractivity contribution in [3.05, 3.63) is 35.4 Å². The molecule has 0 aliphatic carbocycles. The van der Waals surface area contributed by atoms with E-state index in [1.165, 1.54) is 11.8 Å². The highest BCUT2D eigenvalue weighted by molar-refractivity contribution is 8.14. The maximum absolute atomic E-state index is 13.1. The van der Waals surface area contributed by atoms with E-state index in [-0.39, 0.29) is 5.56 Å². The third kappa shape index (κ3) is 1.65. The summed E-state index contributed by atoms with van der Waals surface area (Å²) in [5, 5.41) is 4.33. The number of halogens is 2. The molecule has 0 spiro atoms. The Morgan fingerprint density at radius 2 is 2.23 bits per heavy atom. The number of nitrogens with one attached hydrogen (secondary N) is 1. The summed E-state index contributed by atoms with van der Waals surface area (Å²) >= 11 is 1.35. The lowest BCUT2D eigenvalue weighted by Gasteiger charge is -1.99. The SMILES string of the molecule is Fc1ccc(F)c(C2=NNCS2)c1. The van der Waals surface area contributed by atoms with Crippen LogP contribution in [0.4, 0.5) is 8.78 Å². The van der Waals surface area contributed by atoms with Gasteiger partial charge in [0.25, 0.3) is 0 Å². The van der Waals surface area contributed by atoms with Gasteiger partial charge in [-0.15, -0.1) is 0 Å². The van der Waals surface area contributed by atoms with Crippen molar-refractivity contribution in [2.45, 2.75) is 0 Å². The molecule has 0 saturated heterocycles. The van der Waals surface area contributed by atoms with E-state index in [0.29, 0.717) is 10.9 Å². The summed E-state index contributed by atoms with van der Waals surface area (Å²) in [5.41, 5.74) is 2.90. The Hall–Kier alpha value is -1.10. The maximum Gasteiger partial charge on any atom is 0.133 e. The Labute approximate surface area is 78.0 Å². The van der Waals surface area contributed by atoms with Crippen LogP contribution in [0.2, 0.25) is 0 Å². The van der Waals surface area contributed by atoms with Crippen LogP contribution in [0.15, 0.2) is 23.3 Å². The van der Waals surface area contributed by atoms with Crippen LogP contribution in [-0.2, 0) is 0 Å². The Bertz CT molecular complexity index is 365. The molecule has 68 valence electrons. The first-order valence-electron chi connectivity index (χ1n) is 3.66. The maximum atomic E-state index is 13.1. The molecule has 0 aromatic heterocycles. The standard InChI is InChI=1S/C8H6F2N2S/c9-5-1-2-7(10)6(3-5)8-12-11-4-13-8/h1-3,11H,4H2. The fourth-order valence-corrected chi connectivity index (χ4v) is 1.74. The number of nitrogens with zero attached hydrogens (tertiary/aromatic N) is 1. The van der Waals surface area contributed by atoms with Crippen molar-refractivity contribution in [2.75, 3.05) is 5.88 Å². The third-order valence-corrected chi connectivity index (χ3v) is 2.47. The molecule has 0 radical (unpaired) electrons. The van der Waals surface area contributed by atoms with E-state index in [4.69, 9.17) is 0 Å². The molecule has 1 aromatic rings. The zero-order valence-corrected chi connectivity index (χ0v) is 7.37. The van der Waals surface area contributed by atoms with Crippen molar-refractivity contribution in [2.24, 2.45) is 5.10 Å². The van der Waals surface area contributed by atoms with E-state index in [1.807, 2.05) is 0 Å². The van der Waals surface area contributed by atoms with Gasteiger partial charge in [-0.3, -0.25) is 5.43 Å². The lowest BCUT2D eigenvalue weighted by atomic mass is 10.2. The monoisotopic (exact) mass is 200 g/mol. The molecule has 5 heteroatoms. The molecule has 1 N–H and O–H groups in total. The second-order valence-electron chi connectivity index (χ2n) is 2.49. The highest BCUT2D eigenvalue weighted by Gasteiger charge is 2.14. The molecule has 0 atom stereocenters. The lowest BCUT2D eigenvalue weighted by Crippen LogP contribution is -1.98. The summed E-state index contributed by atoms with van der Waals surface area (Å²) in [5.74, 6) is -0.298. The third-order valence-electron chi connectivity index (χ3n) is 1.61. The summed E-state index contributed by atoms with van der Waals surface area (Å²) in [6.45, 7) is 0. The zero-order valence-electron chi connectivity index (χ0n) is 6.55. The van der Waals surface area contributed by atoms with E-state index < -0.39 is 11.6 Å². The first kappa shape index (κ1) is 8.50. The molecule has 1 aromatic carbocycles. The van der Waals surface area contributed by atoms with Gasteiger partial charge in [0, 0.05) is 5.56 Å². The quantitative estimate of drug-likeness (QED) is 0.749. The fraction of sp³-hybridized carbons (Fsp3) is 0.125. The molecular formula is C8H6F2N2S. The van der Waals surface area contributed by atoms with Gasteiger partial charge in [0.1, 0.15) is 16.7 Å². The Kier molecular flexibility index (Phi) is 2.18. The van der Waals surface area contributed by atoms with Crippen molar-refractivity contribution in [3.63, 3.8) is 0 Å². The van der Waals surface area contributed by atoms with Gasteiger partial charge < -0.3 is 0 Å². The van der Waals surface area contributed by atoms with Gasteiger partial charge in [0.2, 0.25) is 0 Å². The Balaban J connectivity index is 2.43. The van der Waals surface area contributed by atoms with Crippen molar-refractivity contribution >= 4 is 16.8 Å². The molecular weight excluding hydrogens is 194 g/mol. The van der Waals surface area contributed by atoms with Gasteiger partial charge in [-0.1, -0.05) is 11.8 Å². The van der Waals surface area contributed by atoms with Gasteiger partial charge in [0.15, 0.2) is 0 Å². The molecule has 0 saturated carbocycles. The van der Waals surface area contributed by atoms with Crippen LogP contribution in [0.3, 0.4) is 0 Å². The van der Waals surface area contributed by atoms with Crippen molar-refractivity contribution in [3.8, 4) is 0 Å². The van der Waals surface area contributed by atoms with Gasteiger partial charge in [-0.05, 0) is 18.2 Å². The summed E-state index contributed by atoms with van der Waals surface area (Å²) in [7, 11) is 0. The highest BCUT2D eigenvalue weighted by atomic mass is 32.2. The normalized spacial score (nSPS) is 15.4. The first-order valence-corrected chi connectivity index (χ1v) is 4.65. The lowest BCUT2D eigenvalue weighted by molar-refractivity contribution is 0.598. The molecule has 0 fully saturated rings. The first-order chi connectivity index (χ1) is 6.27. The van der Waals surface area contributed by atoms with Gasteiger partial charge in [-0.25, -0.2) is 8.78 Å². The number of rotatable bonds is 1. The van der Waals surface area contributed by atoms with E-state index in [9.17, 15) is 8.78 Å². The molecule has 1 aliphatic rings. The predicted octanol–water partition coefficient (Wildman–Crippen LogP) is 1.92. The van der Waals surface area contributed by atoms with Crippen LogP contribution in [0.5, 0.6) is 0 Å². The van der Waals surface area contributed by atoms with Gasteiger partial charge >= 0.3 is 0 Å². The average Bonchev–Trinajstić information content (AvgIpc) is 2.61. The number of thioether (sulfide) groups is 1. The van der Waals surface area contributed by atoms with Crippen molar-refractivity contribution in [1.29, 1.82) is 0 Å². The summed E-state index contributed by atoms with van der Waals surface area (Å²) in [6.07, 6.45) is 0. The fourth-order valence-electron chi connectivity index (χ4n) is 1.04. The number of hydrogen-bond donors (Lipinski definition) is 1. The van der Waals surface area contributed by atoms with Crippen LogP contribution < -0.4 is 5.43 Å². The topological polar surface area (TPSA) is 24.4 Å². The summed E-state index contributed by atoms with van der Waals surface area (Å²) in [6, 6.07) is 3.34. The van der Waals surface area contributed by atoms with Crippen LogP contribution in [0, 0.1) is 11.6 Å². The predicted molar refractivity (Wildman–Crippen MR) is 48.5 cm³/mol. The Morgan fingerprint density at radius 1 is 1.38 bits per heavy atom. The molecule has 1 heterocycles. The van der Waals surface area contributed by atoms with Crippen LogP contribution in [-0.4, -0.2) is 10.9 Å². The second kappa shape index (κ2) is 3.33. The van der Waals surface area contributed by atoms with Crippen molar-refractivity contribution in [1.82, 2.24) is 5.43 Å². The number of benzene rings is 1. The summed E-state index contributed by atoms with van der Waals surface area (Å²) in [4.78, 5) is 0. The van der Waals surface area contributed by atoms with Crippen molar-refractivity contribution < 1.29 is 8.78 Å². The largest absolute Gasteiger partial charge is 0.299 e. The van der Waals surface area contributed by atoms with Crippen LogP contribution in [0.1, 0.15) is 5.56 Å². The summed E-state index contributed by atoms with van der Waals surface area (Å²) < 4.78 is 25.9. The average molecular weight is 200 g/mol. The van der Waals surface area contributed by atoms with Crippen LogP contribution >= 0.6 is 11.8 Å². The molecule has 1 aliphatic heterocycles. The molecule has 0 unspecified atom stereocenters. The van der Waals surface area contributed by atoms with E-state index >= 15 is 0 Å². The van der Waals surface area contributed by atoms with Crippen LogP contribution in [0.25, 0.3) is 0 Å². The van der Waals surface area contributed by atoms with E-state index in [1.54, 1.807) is 0 Å². The molecule has 13 heavy (non-hydrogen) atoms. The molecule has 0 bridgehead atoms. The minimum absolute atomic E-state index is 0.218. The van der Waals surface area contributed by atoms with Gasteiger partial charge in [0.05, 0.1) is 5.88 Å². The zero-order chi connectivity index (χ0) is 9.26. The minimum atomic E-state index is -0.452. The van der Waals surface area contributed by atoms with E-state index in [2.05, 4.69) is 10.5 Å². The second-order valence-corrected chi connectivity index (χ2v) is 3.45. The molecule has 2 nitrogen and oxygen atoms in total. The minimum Gasteiger partial charge on any atom is -0.299 e. The number of hydrogen-bond acceptors (Lipinski definition) is 3. The van der Waals surface area contributed by atoms with Gasteiger partial charge in [-0.2, -0.15) is 5.10 Å². The van der Waals surface area contributed by atoms with E-state index in [0.717, 1.165) is 18.2 Å². The smallest absolute Gasteiger partial charge is 0.133 e. The molecule has 0 amide bonds. The number of hydrazone groups is 1. The highest BCUT2D eigenvalue weighted by Crippen LogP contribution is 2.20.